The summed E-state index contributed by atoms with van der Waals surface area (Å²) in [5, 5.41) is 0. The van der Waals surface area contributed by atoms with Crippen LogP contribution in [-0.4, -0.2) is 22.6 Å². The van der Waals surface area contributed by atoms with E-state index in [0.717, 1.165) is 6.07 Å². The highest BCUT2D eigenvalue weighted by molar-refractivity contribution is 7.89. The van der Waals surface area contributed by atoms with Gasteiger partial charge in [-0.05, 0) is 23.8 Å². The lowest BCUT2D eigenvalue weighted by Crippen LogP contribution is -2.25. The molecule has 0 spiro atoms. The molecule has 0 amide bonds. The minimum absolute atomic E-state index is 0.0532. The van der Waals surface area contributed by atoms with Gasteiger partial charge >= 0.3 is 6.18 Å². The quantitative estimate of drug-likeness (QED) is 0.842. The highest BCUT2D eigenvalue weighted by Crippen LogP contribution is 2.32. The number of nitrogens with one attached hydrogen (secondary N) is 1. The van der Waals surface area contributed by atoms with Gasteiger partial charge in [-0.3, -0.25) is 0 Å². The van der Waals surface area contributed by atoms with E-state index in [2.05, 4.69) is 4.72 Å². The third-order valence-corrected chi connectivity index (χ3v) is 4.86. The van der Waals surface area contributed by atoms with Crippen molar-refractivity contribution in [3.63, 3.8) is 0 Å². The Balaban J connectivity index is 2.33. The number of alkyl halides is 3. The van der Waals surface area contributed by atoms with Gasteiger partial charge in [0, 0.05) is 12.6 Å². The summed E-state index contributed by atoms with van der Waals surface area (Å²) in [5.41, 5.74) is -1.07. The van der Waals surface area contributed by atoms with E-state index in [1.807, 2.05) is 0 Å². The molecule has 136 valence electrons. The van der Waals surface area contributed by atoms with Crippen molar-refractivity contribution in [1.82, 2.24) is 4.72 Å². The molecule has 5 nitrogen and oxygen atoms in total. The molecule has 25 heavy (non-hydrogen) atoms. The summed E-state index contributed by atoms with van der Waals surface area (Å²) in [7, 11) is -1.46. The van der Waals surface area contributed by atoms with E-state index < -0.39 is 28.3 Å². The topological polar surface area (TPSA) is 64.6 Å². The van der Waals surface area contributed by atoms with Crippen LogP contribution in [0.15, 0.2) is 47.4 Å². The molecule has 2 aromatic carbocycles. The lowest BCUT2D eigenvalue weighted by molar-refractivity contribution is -0.138. The summed E-state index contributed by atoms with van der Waals surface area (Å²) < 4.78 is 76.1. The van der Waals surface area contributed by atoms with Crippen molar-refractivity contribution in [3.8, 4) is 11.5 Å². The highest BCUT2D eigenvalue weighted by Gasteiger charge is 2.33. The van der Waals surface area contributed by atoms with Crippen LogP contribution in [0.5, 0.6) is 11.5 Å². The van der Waals surface area contributed by atoms with Gasteiger partial charge in [-0.25, -0.2) is 13.1 Å². The van der Waals surface area contributed by atoms with Crippen molar-refractivity contribution in [3.05, 3.63) is 53.6 Å². The maximum Gasteiger partial charge on any atom is 0.416 e. The second-order valence-electron chi connectivity index (χ2n) is 5.00. The fraction of sp³-hybridized carbons (Fsp3) is 0.250. The van der Waals surface area contributed by atoms with Crippen molar-refractivity contribution in [2.75, 3.05) is 14.2 Å². The van der Waals surface area contributed by atoms with E-state index in [1.165, 1.54) is 50.6 Å². The van der Waals surface area contributed by atoms with Crippen molar-refractivity contribution >= 4 is 10.0 Å². The van der Waals surface area contributed by atoms with Gasteiger partial charge in [0.25, 0.3) is 0 Å². The number of methoxy groups -OCH3 is 2. The monoisotopic (exact) mass is 375 g/mol. The third-order valence-electron chi connectivity index (χ3n) is 3.44. The minimum Gasteiger partial charge on any atom is -0.497 e. The third kappa shape index (κ3) is 4.43. The van der Waals surface area contributed by atoms with Crippen LogP contribution in [0.1, 0.15) is 11.1 Å². The van der Waals surface area contributed by atoms with Crippen LogP contribution >= 0.6 is 0 Å². The summed E-state index contributed by atoms with van der Waals surface area (Å²) in [6, 6.07) is 8.91. The van der Waals surface area contributed by atoms with Gasteiger partial charge in [-0.1, -0.05) is 18.2 Å². The van der Waals surface area contributed by atoms with Crippen molar-refractivity contribution < 1.29 is 31.1 Å². The van der Waals surface area contributed by atoms with Crippen LogP contribution in [0.25, 0.3) is 0 Å². The van der Waals surface area contributed by atoms with Crippen molar-refractivity contribution in [2.24, 2.45) is 0 Å². The molecule has 0 saturated heterocycles. The molecule has 2 aromatic rings. The zero-order valence-electron chi connectivity index (χ0n) is 13.4. The van der Waals surface area contributed by atoms with Gasteiger partial charge in [0.15, 0.2) is 0 Å². The molecule has 2 rings (SSSR count). The number of benzene rings is 2. The number of sulfonamides is 1. The summed E-state index contributed by atoms with van der Waals surface area (Å²) in [4.78, 5) is -0.223. The van der Waals surface area contributed by atoms with E-state index in [4.69, 9.17) is 9.47 Å². The molecule has 0 aliphatic heterocycles. The number of hydrogen-bond acceptors (Lipinski definition) is 4. The smallest absolute Gasteiger partial charge is 0.416 e. The van der Waals surface area contributed by atoms with E-state index in [-0.39, 0.29) is 22.0 Å². The van der Waals surface area contributed by atoms with Gasteiger partial charge < -0.3 is 9.47 Å². The molecule has 0 radical (unpaired) electrons. The first kappa shape index (κ1) is 19.1. The van der Waals surface area contributed by atoms with Gasteiger partial charge in [-0.2, -0.15) is 13.2 Å². The maximum atomic E-state index is 13.0. The zero-order valence-corrected chi connectivity index (χ0v) is 14.2. The van der Waals surface area contributed by atoms with Gasteiger partial charge in [0.1, 0.15) is 16.4 Å². The van der Waals surface area contributed by atoms with Crippen LogP contribution < -0.4 is 14.2 Å². The first-order valence-corrected chi connectivity index (χ1v) is 8.54. The molecule has 0 bridgehead atoms. The Labute approximate surface area is 143 Å². The molecule has 1 N–H and O–H groups in total. The van der Waals surface area contributed by atoms with E-state index >= 15 is 0 Å². The zero-order chi connectivity index (χ0) is 18.7. The Hall–Kier alpha value is -2.26. The van der Waals surface area contributed by atoms with Crippen LogP contribution in [0, 0.1) is 0 Å². The summed E-state index contributed by atoms with van der Waals surface area (Å²) >= 11 is 0. The number of ether oxygens (including phenoxy) is 2. The number of halogens is 3. The second kappa shape index (κ2) is 7.32. The Morgan fingerprint density at radius 1 is 1.04 bits per heavy atom. The minimum atomic E-state index is -4.57. The first-order chi connectivity index (χ1) is 11.7. The maximum absolute atomic E-state index is 13.0. The predicted molar refractivity (Wildman–Crippen MR) is 85.0 cm³/mol. The fourth-order valence-corrected chi connectivity index (χ4v) is 3.38. The first-order valence-electron chi connectivity index (χ1n) is 7.06. The van der Waals surface area contributed by atoms with Crippen LogP contribution in [0.4, 0.5) is 13.2 Å². The van der Waals surface area contributed by atoms with Crippen molar-refractivity contribution in [1.29, 1.82) is 0 Å². The molecule has 0 saturated carbocycles. The molecule has 0 atom stereocenters. The average molecular weight is 375 g/mol. The normalized spacial score (nSPS) is 12.0. The van der Waals surface area contributed by atoms with E-state index in [9.17, 15) is 21.6 Å². The van der Waals surface area contributed by atoms with Crippen LogP contribution in [0.3, 0.4) is 0 Å². The molecule has 0 aromatic heterocycles. The van der Waals surface area contributed by atoms with E-state index in [0.29, 0.717) is 0 Å². The Morgan fingerprint density at radius 3 is 2.32 bits per heavy atom. The molecule has 0 aliphatic rings. The number of rotatable bonds is 6. The standard InChI is InChI=1S/C16H16F3NO4S/c1-23-12-7-8-14(24-2)15(9-12)25(21,22)20-10-11-5-3-4-6-13(11)16(17,18)19/h3-9,20H,10H2,1-2H3. The van der Waals surface area contributed by atoms with Gasteiger partial charge in [-0.15, -0.1) is 0 Å². The highest BCUT2D eigenvalue weighted by atomic mass is 32.2. The molecule has 0 heterocycles. The molecule has 0 unspecified atom stereocenters. The molecule has 9 heteroatoms. The summed E-state index contributed by atoms with van der Waals surface area (Å²) in [6.07, 6.45) is -4.57. The number of hydrogen-bond donors (Lipinski definition) is 1. The summed E-state index contributed by atoms with van der Waals surface area (Å²) in [5.74, 6) is 0.328. The average Bonchev–Trinajstić information content (AvgIpc) is 2.59. The Kier molecular flexibility index (Phi) is 5.58. The molecular formula is C16H16F3NO4S. The summed E-state index contributed by atoms with van der Waals surface area (Å²) in [6.45, 7) is -0.515. The molecule has 0 fully saturated rings. The Morgan fingerprint density at radius 2 is 1.72 bits per heavy atom. The molecular weight excluding hydrogens is 359 g/mol. The largest absolute Gasteiger partial charge is 0.497 e. The lowest BCUT2D eigenvalue weighted by Gasteiger charge is -2.15. The lowest BCUT2D eigenvalue weighted by atomic mass is 10.1. The van der Waals surface area contributed by atoms with Crippen molar-refractivity contribution in [2.45, 2.75) is 17.6 Å². The fourth-order valence-electron chi connectivity index (χ4n) is 2.20. The van der Waals surface area contributed by atoms with E-state index in [1.54, 1.807) is 0 Å². The Bertz CT molecular complexity index is 851. The molecule has 0 aliphatic carbocycles. The predicted octanol–water partition coefficient (Wildman–Crippen LogP) is 3.20. The SMILES string of the molecule is COc1ccc(OC)c(S(=O)(=O)NCc2ccccc2C(F)(F)F)c1. The van der Waals surface area contributed by atoms with Crippen LogP contribution in [-0.2, 0) is 22.7 Å². The second-order valence-corrected chi connectivity index (χ2v) is 6.73. The van der Waals surface area contributed by atoms with Gasteiger partial charge in [0.05, 0.1) is 19.8 Å². The van der Waals surface area contributed by atoms with Gasteiger partial charge in [0.2, 0.25) is 10.0 Å². The van der Waals surface area contributed by atoms with Crippen LogP contribution in [0.2, 0.25) is 0 Å².